The van der Waals surface area contributed by atoms with Crippen LogP contribution in [0.3, 0.4) is 0 Å². The van der Waals surface area contributed by atoms with Crippen molar-refractivity contribution in [1.82, 2.24) is 4.98 Å². The molecule has 2 nitrogen and oxygen atoms in total. The summed E-state index contributed by atoms with van der Waals surface area (Å²) in [5.41, 5.74) is 3.51. The first-order valence-corrected chi connectivity index (χ1v) is 5.98. The van der Waals surface area contributed by atoms with E-state index < -0.39 is 0 Å². The summed E-state index contributed by atoms with van der Waals surface area (Å²) in [6, 6.07) is 6.39. The summed E-state index contributed by atoms with van der Waals surface area (Å²) in [7, 11) is 0. The summed E-state index contributed by atoms with van der Waals surface area (Å²) in [6.45, 7) is 7.98. The van der Waals surface area contributed by atoms with Crippen molar-refractivity contribution in [2.24, 2.45) is 0 Å². The van der Waals surface area contributed by atoms with Gasteiger partial charge in [-0.2, -0.15) is 0 Å². The van der Waals surface area contributed by atoms with Gasteiger partial charge in [0.25, 0.3) is 0 Å². The van der Waals surface area contributed by atoms with Crippen molar-refractivity contribution in [2.45, 2.75) is 39.5 Å². The number of fused-ring (bicyclic) bond motifs is 1. The number of hydrogen-bond acceptors (Lipinski definition) is 1. The van der Waals surface area contributed by atoms with Gasteiger partial charge in [0.15, 0.2) is 0 Å². The molecule has 0 saturated heterocycles. The number of benzene rings is 1. The van der Waals surface area contributed by atoms with Gasteiger partial charge in [-0.05, 0) is 36.5 Å². The van der Waals surface area contributed by atoms with Crippen LogP contribution in [0, 0.1) is 6.92 Å². The van der Waals surface area contributed by atoms with Crippen molar-refractivity contribution in [1.29, 1.82) is 0 Å². The number of aryl methyl sites for hydroxylation is 1. The molecule has 90 valence electrons. The van der Waals surface area contributed by atoms with E-state index >= 15 is 0 Å². The van der Waals surface area contributed by atoms with Crippen molar-refractivity contribution in [2.75, 3.05) is 0 Å². The number of aromatic nitrogens is 1. The second-order valence-corrected chi connectivity index (χ2v) is 5.51. The van der Waals surface area contributed by atoms with Crippen LogP contribution in [0.1, 0.15) is 38.3 Å². The van der Waals surface area contributed by atoms with E-state index in [9.17, 15) is 4.79 Å². The minimum absolute atomic E-state index is 0.112. The number of aromatic amines is 1. The number of nitrogens with one attached hydrogen (secondary N) is 1. The Morgan fingerprint density at radius 3 is 2.71 bits per heavy atom. The summed E-state index contributed by atoms with van der Waals surface area (Å²) in [5.74, 6) is 0.233. The number of carbonyl (C=O) groups is 1. The monoisotopic (exact) mass is 229 g/mol. The van der Waals surface area contributed by atoms with Gasteiger partial charge < -0.3 is 4.98 Å². The van der Waals surface area contributed by atoms with Crippen LogP contribution >= 0.6 is 0 Å². The van der Waals surface area contributed by atoms with E-state index in [0.717, 1.165) is 5.52 Å². The quantitative estimate of drug-likeness (QED) is 0.854. The molecule has 2 heteroatoms. The first-order chi connectivity index (χ1) is 7.90. The molecule has 0 aliphatic heterocycles. The van der Waals surface area contributed by atoms with Gasteiger partial charge in [-0.1, -0.05) is 26.0 Å². The summed E-state index contributed by atoms with van der Waals surface area (Å²) in [5, 5.41) is 1.22. The molecule has 2 aromatic rings. The summed E-state index contributed by atoms with van der Waals surface area (Å²) in [4.78, 5) is 14.6. The van der Waals surface area contributed by atoms with Crippen molar-refractivity contribution in [3.05, 3.63) is 35.5 Å². The molecule has 1 heterocycles. The number of rotatable bonds is 3. The lowest BCUT2D eigenvalue weighted by atomic mass is 9.80. The molecule has 0 fully saturated rings. The first kappa shape index (κ1) is 11.9. The lowest BCUT2D eigenvalue weighted by Crippen LogP contribution is -2.20. The van der Waals surface area contributed by atoms with Crippen LogP contribution in [0.5, 0.6) is 0 Å². The standard InChI is InChI=1S/C15H19NO/c1-10-5-6-12-13(9-16-14(12)7-10)15(3,4)8-11(2)17/h5-7,9,16H,8H2,1-4H3. The Kier molecular flexibility index (Phi) is 2.82. The maximum atomic E-state index is 11.3. The fourth-order valence-corrected chi connectivity index (χ4v) is 2.52. The maximum Gasteiger partial charge on any atom is 0.130 e. The van der Waals surface area contributed by atoms with E-state index in [0.29, 0.717) is 6.42 Å². The molecular formula is C15H19NO. The minimum atomic E-state index is -0.112. The van der Waals surface area contributed by atoms with Gasteiger partial charge in [-0.15, -0.1) is 0 Å². The average molecular weight is 229 g/mol. The van der Waals surface area contributed by atoms with Gasteiger partial charge in [0.05, 0.1) is 0 Å². The van der Waals surface area contributed by atoms with Crippen LogP contribution in [-0.4, -0.2) is 10.8 Å². The highest BCUT2D eigenvalue weighted by atomic mass is 16.1. The van der Waals surface area contributed by atoms with E-state index in [-0.39, 0.29) is 11.2 Å². The third-order valence-electron chi connectivity index (χ3n) is 3.26. The molecule has 0 saturated carbocycles. The molecule has 0 aliphatic rings. The number of H-pyrrole nitrogens is 1. The van der Waals surface area contributed by atoms with E-state index in [1.165, 1.54) is 16.5 Å². The Bertz CT molecular complexity index is 563. The Morgan fingerprint density at radius 2 is 2.06 bits per heavy atom. The molecular weight excluding hydrogens is 210 g/mol. The molecule has 17 heavy (non-hydrogen) atoms. The van der Waals surface area contributed by atoms with Crippen LogP contribution in [0.15, 0.2) is 24.4 Å². The Morgan fingerprint density at radius 1 is 1.35 bits per heavy atom. The van der Waals surface area contributed by atoms with E-state index in [4.69, 9.17) is 0 Å². The molecule has 0 unspecified atom stereocenters. The molecule has 0 atom stereocenters. The molecule has 0 aliphatic carbocycles. The van der Waals surface area contributed by atoms with Gasteiger partial charge in [-0.3, -0.25) is 4.79 Å². The molecule has 1 aromatic heterocycles. The highest BCUT2D eigenvalue weighted by molar-refractivity contribution is 5.86. The molecule has 1 aromatic carbocycles. The number of Topliss-reactive ketones (excluding diaryl/α,β-unsaturated/α-hetero) is 1. The van der Waals surface area contributed by atoms with E-state index in [1.54, 1.807) is 6.92 Å². The molecule has 0 spiro atoms. The third kappa shape index (κ3) is 2.26. The number of hydrogen-bond donors (Lipinski definition) is 1. The maximum absolute atomic E-state index is 11.3. The van der Waals surface area contributed by atoms with Crippen molar-refractivity contribution < 1.29 is 4.79 Å². The lowest BCUT2D eigenvalue weighted by Gasteiger charge is -2.22. The second kappa shape index (κ2) is 4.02. The lowest BCUT2D eigenvalue weighted by molar-refractivity contribution is -0.118. The number of carbonyl (C=O) groups excluding carboxylic acids is 1. The summed E-state index contributed by atoms with van der Waals surface area (Å²) in [6.07, 6.45) is 2.61. The zero-order valence-electron chi connectivity index (χ0n) is 10.9. The number of ketones is 1. The fourth-order valence-electron chi connectivity index (χ4n) is 2.52. The van der Waals surface area contributed by atoms with Crippen molar-refractivity contribution in [3.8, 4) is 0 Å². The van der Waals surface area contributed by atoms with Gasteiger partial charge in [0.2, 0.25) is 0 Å². The van der Waals surface area contributed by atoms with Crippen molar-refractivity contribution in [3.63, 3.8) is 0 Å². The highest BCUT2D eigenvalue weighted by Gasteiger charge is 2.25. The summed E-state index contributed by atoms with van der Waals surface area (Å²) < 4.78 is 0. The van der Waals surface area contributed by atoms with Crippen molar-refractivity contribution >= 4 is 16.7 Å². The SMILES string of the molecule is CC(=O)CC(C)(C)c1c[nH]c2cc(C)ccc12. The Labute approximate surface area is 102 Å². The molecule has 2 rings (SSSR count). The van der Waals surface area contributed by atoms with Gasteiger partial charge >= 0.3 is 0 Å². The first-order valence-electron chi connectivity index (χ1n) is 5.98. The van der Waals surface area contributed by atoms with Gasteiger partial charge in [0, 0.05) is 23.5 Å². The highest BCUT2D eigenvalue weighted by Crippen LogP contribution is 2.33. The van der Waals surface area contributed by atoms with Gasteiger partial charge in [0.1, 0.15) is 5.78 Å². The van der Waals surface area contributed by atoms with E-state index in [2.05, 4.69) is 44.0 Å². The Hall–Kier alpha value is -1.57. The van der Waals surface area contributed by atoms with Crippen LogP contribution < -0.4 is 0 Å². The zero-order chi connectivity index (χ0) is 12.6. The van der Waals surface area contributed by atoms with Gasteiger partial charge in [-0.25, -0.2) is 0 Å². The van der Waals surface area contributed by atoms with Crippen LogP contribution in [0.4, 0.5) is 0 Å². The fraction of sp³-hybridized carbons (Fsp3) is 0.400. The van der Waals surface area contributed by atoms with Crippen LogP contribution in [0.2, 0.25) is 0 Å². The zero-order valence-corrected chi connectivity index (χ0v) is 10.9. The minimum Gasteiger partial charge on any atom is -0.361 e. The Balaban J connectivity index is 2.52. The molecule has 0 amide bonds. The predicted octanol–water partition coefficient (Wildman–Crippen LogP) is 3.73. The van der Waals surface area contributed by atoms with Crippen LogP contribution in [0.25, 0.3) is 10.9 Å². The smallest absolute Gasteiger partial charge is 0.130 e. The van der Waals surface area contributed by atoms with Crippen LogP contribution in [-0.2, 0) is 10.2 Å². The van der Waals surface area contributed by atoms with E-state index in [1.807, 2.05) is 6.20 Å². The average Bonchev–Trinajstić information content (AvgIpc) is 2.58. The second-order valence-electron chi connectivity index (χ2n) is 5.51. The third-order valence-corrected chi connectivity index (χ3v) is 3.26. The molecule has 0 radical (unpaired) electrons. The molecule has 0 bridgehead atoms. The predicted molar refractivity (Wildman–Crippen MR) is 71.4 cm³/mol. The summed E-state index contributed by atoms with van der Waals surface area (Å²) >= 11 is 0. The topological polar surface area (TPSA) is 32.9 Å². The molecule has 1 N–H and O–H groups in total. The normalized spacial score (nSPS) is 12.0. The largest absolute Gasteiger partial charge is 0.361 e.